The molecule has 1 N–H and O–H groups in total. The predicted octanol–water partition coefficient (Wildman–Crippen LogP) is 1.71. The number of likely N-dealkylation sites (N-methyl/N-ethyl adjacent to an activating group) is 1. The van der Waals surface area contributed by atoms with E-state index < -0.39 is 0 Å². The average Bonchev–Trinajstić information content (AvgIpc) is 2.76. The number of hydrogen-bond donors (Lipinski definition) is 1. The second-order valence-corrected chi connectivity index (χ2v) is 5.50. The summed E-state index contributed by atoms with van der Waals surface area (Å²) in [5, 5.41) is 3.93. The summed E-state index contributed by atoms with van der Waals surface area (Å²) >= 11 is 5.95. The fraction of sp³-hybridized carbons (Fsp3) is 0.500. The first kappa shape index (κ1) is 14.2. The minimum absolute atomic E-state index is 0.0610. The Bertz CT molecular complexity index is 477. The zero-order chi connectivity index (χ0) is 14.0. The molecule has 4 nitrogen and oxygen atoms in total. The molecule has 2 atom stereocenters. The monoisotopic (exact) mass is 282 g/mol. The van der Waals surface area contributed by atoms with Crippen molar-refractivity contribution >= 4 is 17.5 Å². The maximum atomic E-state index is 11.7. The third-order valence-corrected chi connectivity index (χ3v) is 3.46. The first-order valence-corrected chi connectivity index (χ1v) is 6.75. The van der Waals surface area contributed by atoms with Gasteiger partial charge in [0.15, 0.2) is 0 Å². The van der Waals surface area contributed by atoms with E-state index in [0.29, 0.717) is 6.54 Å². The van der Waals surface area contributed by atoms with Crippen molar-refractivity contribution in [3.63, 3.8) is 0 Å². The molecule has 2 rings (SSSR count). The number of rotatable bonds is 4. The molecule has 2 unspecified atom stereocenters. The van der Waals surface area contributed by atoms with Crippen LogP contribution in [-0.2, 0) is 11.2 Å². The molecule has 1 amide bonds. The summed E-state index contributed by atoms with van der Waals surface area (Å²) in [5.74, 6) is 0.960. The molecule has 1 aliphatic rings. The van der Waals surface area contributed by atoms with E-state index in [2.05, 4.69) is 5.32 Å². The Labute approximate surface area is 118 Å². The van der Waals surface area contributed by atoms with Crippen molar-refractivity contribution in [2.45, 2.75) is 25.5 Å². The van der Waals surface area contributed by atoms with Crippen molar-refractivity contribution < 1.29 is 9.53 Å². The second-order valence-electron chi connectivity index (χ2n) is 5.06. The average molecular weight is 283 g/mol. The molecular weight excluding hydrogens is 264 g/mol. The SMILES string of the molecule is CC(NCC1Cc2cc(Cl)ccc2O1)C(=O)N(C)C. The number of benzene rings is 1. The lowest BCUT2D eigenvalue weighted by Crippen LogP contribution is -2.45. The fourth-order valence-corrected chi connectivity index (χ4v) is 2.38. The minimum Gasteiger partial charge on any atom is -0.488 e. The number of amides is 1. The quantitative estimate of drug-likeness (QED) is 0.914. The zero-order valence-corrected chi connectivity index (χ0v) is 12.2. The van der Waals surface area contributed by atoms with Gasteiger partial charge in [0.1, 0.15) is 11.9 Å². The van der Waals surface area contributed by atoms with Crippen LogP contribution < -0.4 is 10.1 Å². The van der Waals surface area contributed by atoms with Crippen molar-refractivity contribution in [3.8, 4) is 5.75 Å². The van der Waals surface area contributed by atoms with Gasteiger partial charge >= 0.3 is 0 Å². The molecule has 0 bridgehead atoms. The van der Waals surface area contributed by atoms with Crippen molar-refractivity contribution in [2.75, 3.05) is 20.6 Å². The van der Waals surface area contributed by atoms with Crippen LogP contribution in [0.3, 0.4) is 0 Å². The Kier molecular flexibility index (Phi) is 4.32. The Morgan fingerprint density at radius 1 is 1.58 bits per heavy atom. The van der Waals surface area contributed by atoms with Crippen LogP contribution in [-0.4, -0.2) is 43.6 Å². The Hall–Kier alpha value is -1.26. The molecule has 1 heterocycles. The molecule has 5 heteroatoms. The summed E-state index contributed by atoms with van der Waals surface area (Å²) in [5.41, 5.74) is 1.13. The van der Waals surface area contributed by atoms with E-state index >= 15 is 0 Å². The number of carbonyl (C=O) groups excluding carboxylic acids is 1. The van der Waals surface area contributed by atoms with Crippen LogP contribution in [0.1, 0.15) is 12.5 Å². The van der Waals surface area contributed by atoms with E-state index in [4.69, 9.17) is 16.3 Å². The number of hydrogen-bond acceptors (Lipinski definition) is 3. The molecule has 0 fully saturated rings. The van der Waals surface area contributed by atoms with E-state index in [9.17, 15) is 4.79 Å². The van der Waals surface area contributed by atoms with E-state index in [1.54, 1.807) is 19.0 Å². The largest absolute Gasteiger partial charge is 0.488 e. The normalized spacial score (nSPS) is 18.6. The number of halogens is 1. The van der Waals surface area contributed by atoms with Crippen LogP contribution in [0, 0.1) is 0 Å². The molecule has 0 spiro atoms. The highest BCUT2D eigenvalue weighted by atomic mass is 35.5. The third-order valence-electron chi connectivity index (χ3n) is 3.23. The van der Waals surface area contributed by atoms with Crippen molar-refractivity contribution in [2.24, 2.45) is 0 Å². The number of nitrogens with zero attached hydrogens (tertiary/aromatic N) is 1. The summed E-state index contributed by atoms with van der Waals surface area (Å²) in [6.07, 6.45) is 0.886. The second kappa shape index (κ2) is 5.80. The van der Waals surface area contributed by atoms with Crippen LogP contribution in [0.4, 0.5) is 0 Å². The highest BCUT2D eigenvalue weighted by molar-refractivity contribution is 6.30. The lowest BCUT2D eigenvalue weighted by molar-refractivity contribution is -0.130. The van der Waals surface area contributed by atoms with Gasteiger partial charge in [0.05, 0.1) is 6.04 Å². The van der Waals surface area contributed by atoms with Gasteiger partial charge in [-0.1, -0.05) is 11.6 Å². The molecule has 1 aromatic carbocycles. The van der Waals surface area contributed by atoms with Crippen molar-refractivity contribution in [1.29, 1.82) is 0 Å². The molecule has 0 saturated carbocycles. The molecule has 19 heavy (non-hydrogen) atoms. The van der Waals surface area contributed by atoms with Gasteiger partial charge in [0.25, 0.3) is 0 Å². The molecule has 0 radical (unpaired) electrons. The lowest BCUT2D eigenvalue weighted by atomic mass is 10.1. The fourth-order valence-electron chi connectivity index (χ4n) is 2.19. The van der Waals surface area contributed by atoms with E-state index in [1.807, 2.05) is 25.1 Å². The Morgan fingerprint density at radius 3 is 3.00 bits per heavy atom. The summed E-state index contributed by atoms with van der Waals surface area (Å²) < 4.78 is 5.81. The van der Waals surface area contributed by atoms with Crippen molar-refractivity contribution in [1.82, 2.24) is 10.2 Å². The predicted molar refractivity (Wildman–Crippen MR) is 75.7 cm³/mol. The number of ether oxygens (including phenoxy) is 1. The van der Waals surface area contributed by atoms with Gasteiger partial charge in [-0.2, -0.15) is 0 Å². The van der Waals surface area contributed by atoms with Crippen molar-refractivity contribution in [3.05, 3.63) is 28.8 Å². The Morgan fingerprint density at radius 2 is 2.32 bits per heavy atom. The van der Waals surface area contributed by atoms with E-state index in [1.165, 1.54) is 0 Å². The van der Waals surface area contributed by atoms with Crippen LogP contribution in [0.5, 0.6) is 5.75 Å². The summed E-state index contributed by atoms with van der Waals surface area (Å²) in [6.45, 7) is 2.51. The third kappa shape index (κ3) is 3.39. The number of fused-ring (bicyclic) bond motifs is 1. The number of carbonyl (C=O) groups is 1. The van der Waals surface area contributed by atoms with Gasteiger partial charge in [0, 0.05) is 32.1 Å². The van der Waals surface area contributed by atoms with Crippen LogP contribution in [0.15, 0.2) is 18.2 Å². The van der Waals surface area contributed by atoms with Gasteiger partial charge < -0.3 is 15.0 Å². The van der Waals surface area contributed by atoms with Gasteiger partial charge in [-0.3, -0.25) is 4.79 Å². The number of nitrogens with one attached hydrogen (secondary N) is 1. The van der Waals surface area contributed by atoms with E-state index in [0.717, 1.165) is 22.8 Å². The van der Waals surface area contributed by atoms with E-state index in [-0.39, 0.29) is 18.1 Å². The minimum atomic E-state index is -0.203. The van der Waals surface area contributed by atoms with Gasteiger partial charge in [-0.05, 0) is 30.7 Å². The highest BCUT2D eigenvalue weighted by Crippen LogP contribution is 2.30. The smallest absolute Gasteiger partial charge is 0.238 e. The summed E-state index contributed by atoms with van der Waals surface area (Å²) in [7, 11) is 3.51. The molecule has 1 aliphatic heterocycles. The van der Waals surface area contributed by atoms with Crippen LogP contribution in [0.2, 0.25) is 5.02 Å². The lowest BCUT2D eigenvalue weighted by Gasteiger charge is -2.20. The maximum absolute atomic E-state index is 11.7. The highest BCUT2D eigenvalue weighted by Gasteiger charge is 2.24. The molecule has 1 aromatic rings. The molecule has 0 aromatic heterocycles. The first-order valence-electron chi connectivity index (χ1n) is 6.37. The Balaban J connectivity index is 1.86. The molecule has 104 valence electrons. The first-order chi connectivity index (χ1) is 8.97. The molecule has 0 saturated heterocycles. The maximum Gasteiger partial charge on any atom is 0.238 e. The standard InChI is InChI=1S/C14H19ClN2O2/c1-9(14(18)17(2)3)16-8-12-7-10-6-11(15)4-5-13(10)19-12/h4-6,9,12,16H,7-8H2,1-3H3. The van der Waals surface area contributed by atoms with Gasteiger partial charge in [0.2, 0.25) is 5.91 Å². The van der Waals surface area contributed by atoms with Crippen LogP contribution >= 0.6 is 11.6 Å². The summed E-state index contributed by atoms with van der Waals surface area (Å²) in [4.78, 5) is 13.3. The topological polar surface area (TPSA) is 41.6 Å². The zero-order valence-electron chi connectivity index (χ0n) is 11.4. The van der Waals surface area contributed by atoms with Gasteiger partial charge in [-0.25, -0.2) is 0 Å². The van der Waals surface area contributed by atoms with Gasteiger partial charge in [-0.15, -0.1) is 0 Å². The summed E-state index contributed by atoms with van der Waals surface area (Å²) in [6, 6.07) is 5.46. The molecule has 0 aliphatic carbocycles. The molecular formula is C14H19ClN2O2. The van der Waals surface area contributed by atoms with Crippen LogP contribution in [0.25, 0.3) is 0 Å².